The lowest BCUT2D eigenvalue weighted by Gasteiger charge is -2.31. The van der Waals surface area contributed by atoms with Gasteiger partial charge < -0.3 is 20.4 Å². The lowest BCUT2D eigenvalue weighted by atomic mass is 9.98. The van der Waals surface area contributed by atoms with Crippen molar-refractivity contribution in [2.24, 2.45) is 0 Å². The summed E-state index contributed by atoms with van der Waals surface area (Å²) >= 11 is 7.38. The van der Waals surface area contributed by atoms with Gasteiger partial charge >= 0.3 is 0 Å². The van der Waals surface area contributed by atoms with Gasteiger partial charge in [-0.05, 0) is 70.7 Å². The van der Waals surface area contributed by atoms with Crippen LogP contribution >= 0.6 is 23.6 Å². The second-order valence-corrected chi connectivity index (χ2v) is 10.6. The molecule has 0 bridgehead atoms. The van der Waals surface area contributed by atoms with Crippen molar-refractivity contribution in [1.82, 2.24) is 15.2 Å². The summed E-state index contributed by atoms with van der Waals surface area (Å²) in [5.74, 6) is 0. The molecule has 1 fully saturated rings. The maximum Gasteiger partial charge on any atom is 0.170 e. The first-order valence-electron chi connectivity index (χ1n) is 10.6. The van der Waals surface area contributed by atoms with Crippen molar-refractivity contribution >= 4 is 50.3 Å². The molecule has 1 aliphatic heterocycles. The summed E-state index contributed by atoms with van der Waals surface area (Å²) in [7, 11) is 4.19. The molecule has 2 heterocycles. The van der Waals surface area contributed by atoms with Crippen LogP contribution < -0.4 is 15.5 Å². The number of rotatable bonds is 6. The molecule has 5 nitrogen and oxygen atoms in total. The highest BCUT2D eigenvalue weighted by Crippen LogP contribution is 2.38. The van der Waals surface area contributed by atoms with Crippen LogP contribution in [0, 0.1) is 0 Å². The SMILES string of the molecule is CN(C)CCCNC(=S)Nc1cc2sc(C(C)(C)C)nc2cc1N1CCCCC1. The first kappa shape index (κ1) is 22.2. The number of thiocarbonyl (C=S) groups is 1. The summed E-state index contributed by atoms with van der Waals surface area (Å²) in [6, 6.07) is 4.49. The van der Waals surface area contributed by atoms with E-state index in [1.807, 2.05) is 0 Å². The fraction of sp³-hybridized carbons (Fsp3) is 0.636. The third-order valence-corrected chi connectivity index (χ3v) is 6.85. The van der Waals surface area contributed by atoms with Gasteiger partial charge in [-0.25, -0.2) is 4.98 Å². The zero-order valence-electron chi connectivity index (χ0n) is 18.5. The van der Waals surface area contributed by atoms with Gasteiger partial charge in [0.05, 0.1) is 26.6 Å². The van der Waals surface area contributed by atoms with Crippen LogP contribution in [0.3, 0.4) is 0 Å². The zero-order valence-corrected chi connectivity index (χ0v) is 20.1. The maximum atomic E-state index is 5.60. The van der Waals surface area contributed by atoms with Crippen LogP contribution in [0.4, 0.5) is 11.4 Å². The van der Waals surface area contributed by atoms with E-state index in [2.05, 4.69) is 67.4 Å². The highest BCUT2D eigenvalue weighted by molar-refractivity contribution is 7.80. The second-order valence-electron chi connectivity index (χ2n) is 9.19. The van der Waals surface area contributed by atoms with Crippen molar-refractivity contribution in [2.75, 3.05) is 50.5 Å². The minimum atomic E-state index is 0.0614. The van der Waals surface area contributed by atoms with Gasteiger partial charge in [0.1, 0.15) is 0 Å². The number of piperidine rings is 1. The van der Waals surface area contributed by atoms with Crippen molar-refractivity contribution in [1.29, 1.82) is 0 Å². The molecular weight excluding hydrogens is 398 g/mol. The Hall–Kier alpha value is -1.44. The first-order chi connectivity index (χ1) is 13.7. The molecule has 7 heteroatoms. The van der Waals surface area contributed by atoms with E-state index in [4.69, 9.17) is 17.2 Å². The largest absolute Gasteiger partial charge is 0.370 e. The predicted octanol–water partition coefficient (Wildman–Crippen LogP) is 4.82. The molecule has 2 N–H and O–H groups in total. The normalized spacial score (nSPS) is 15.2. The van der Waals surface area contributed by atoms with Crippen LogP contribution in [0.5, 0.6) is 0 Å². The van der Waals surface area contributed by atoms with Crippen LogP contribution in [-0.2, 0) is 5.41 Å². The summed E-state index contributed by atoms with van der Waals surface area (Å²) in [6.07, 6.45) is 4.87. The number of aromatic nitrogens is 1. The molecule has 0 saturated carbocycles. The molecule has 1 aromatic heterocycles. The van der Waals surface area contributed by atoms with E-state index in [0.29, 0.717) is 5.11 Å². The van der Waals surface area contributed by atoms with Crippen molar-refractivity contribution in [3.8, 4) is 0 Å². The molecule has 1 saturated heterocycles. The van der Waals surface area contributed by atoms with Gasteiger partial charge in [0, 0.05) is 25.0 Å². The van der Waals surface area contributed by atoms with Gasteiger partial charge in [-0.15, -0.1) is 11.3 Å². The summed E-state index contributed by atoms with van der Waals surface area (Å²) in [6.45, 7) is 10.8. The number of nitrogens with zero attached hydrogens (tertiary/aromatic N) is 3. The Kier molecular flexibility index (Phi) is 7.35. The van der Waals surface area contributed by atoms with Crippen molar-refractivity contribution in [3.63, 3.8) is 0 Å². The highest BCUT2D eigenvalue weighted by Gasteiger charge is 2.22. The molecule has 0 spiro atoms. The second kappa shape index (κ2) is 9.58. The molecule has 0 atom stereocenters. The quantitative estimate of drug-likeness (QED) is 0.503. The van der Waals surface area contributed by atoms with Gasteiger partial charge in [0.15, 0.2) is 5.11 Å². The first-order valence-corrected chi connectivity index (χ1v) is 11.9. The molecule has 0 unspecified atom stereocenters. The summed E-state index contributed by atoms with van der Waals surface area (Å²) < 4.78 is 1.22. The standard InChI is InChI=1S/C22H35N5S2/c1-22(2,3)20-24-17-14-18(27-12-7-6-8-13-27)16(15-19(17)29-20)25-21(28)23-10-9-11-26(4)5/h14-15H,6-13H2,1-5H3,(H2,23,25,28). The molecule has 1 aromatic carbocycles. The number of hydrogen-bond donors (Lipinski definition) is 2. The minimum absolute atomic E-state index is 0.0614. The number of anilines is 2. The molecule has 0 aliphatic carbocycles. The Morgan fingerprint density at radius 1 is 1.21 bits per heavy atom. The van der Waals surface area contributed by atoms with Crippen molar-refractivity contribution in [2.45, 2.75) is 51.9 Å². The summed E-state index contributed by atoms with van der Waals surface area (Å²) in [5, 5.41) is 8.71. The molecule has 0 radical (unpaired) electrons. The van der Waals surface area contributed by atoms with Crippen LogP contribution in [0.1, 0.15) is 51.5 Å². The topological polar surface area (TPSA) is 43.4 Å². The fourth-order valence-electron chi connectivity index (χ4n) is 3.54. The molecule has 29 heavy (non-hydrogen) atoms. The van der Waals surface area contributed by atoms with Crippen LogP contribution in [-0.4, -0.2) is 55.3 Å². The Labute approximate surface area is 184 Å². The van der Waals surface area contributed by atoms with Crippen LogP contribution in [0.15, 0.2) is 12.1 Å². The van der Waals surface area contributed by atoms with Crippen molar-refractivity contribution in [3.05, 3.63) is 17.1 Å². The average molecular weight is 434 g/mol. The van der Waals surface area contributed by atoms with E-state index >= 15 is 0 Å². The smallest absolute Gasteiger partial charge is 0.170 e. The Balaban J connectivity index is 1.83. The lowest BCUT2D eigenvalue weighted by Crippen LogP contribution is -2.33. The van der Waals surface area contributed by atoms with E-state index in [0.717, 1.165) is 43.8 Å². The minimum Gasteiger partial charge on any atom is -0.370 e. The molecule has 0 amide bonds. The maximum absolute atomic E-state index is 5.60. The van der Waals surface area contributed by atoms with Crippen LogP contribution in [0.2, 0.25) is 0 Å². The lowest BCUT2D eigenvalue weighted by molar-refractivity contribution is 0.400. The Morgan fingerprint density at radius 3 is 2.59 bits per heavy atom. The van der Waals surface area contributed by atoms with E-state index in [1.165, 1.54) is 34.7 Å². The van der Waals surface area contributed by atoms with E-state index in [9.17, 15) is 0 Å². The molecule has 1 aliphatic rings. The van der Waals surface area contributed by atoms with Gasteiger partial charge in [0.25, 0.3) is 0 Å². The Morgan fingerprint density at radius 2 is 1.93 bits per heavy atom. The summed E-state index contributed by atoms with van der Waals surface area (Å²) in [5.41, 5.74) is 3.47. The number of thiazole rings is 1. The number of benzene rings is 1. The molecular formula is C22H35N5S2. The Bertz CT molecular complexity index is 832. The predicted molar refractivity (Wildman–Crippen MR) is 132 cm³/mol. The van der Waals surface area contributed by atoms with Gasteiger partial charge in [0.2, 0.25) is 0 Å². The fourth-order valence-corrected chi connectivity index (χ4v) is 4.80. The number of fused-ring (bicyclic) bond motifs is 1. The third-order valence-electron chi connectivity index (χ3n) is 5.16. The summed E-state index contributed by atoms with van der Waals surface area (Å²) in [4.78, 5) is 9.62. The van der Waals surface area contributed by atoms with E-state index in [1.54, 1.807) is 11.3 Å². The molecule has 3 rings (SSSR count). The van der Waals surface area contributed by atoms with E-state index < -0.39 is 0 Å². The number of nitrogens with one attached hydrogen (secondary N) is 2. The third kappa shape index (κ3) is 6.03. The molecule has 160 valence electrons. The van der Waals surface area contributed by atoms with Crippen molar-refractivity contribution < 1.29 is 0 Å². The molecule has 2 aromatic rings. The zero-order chi connectivity index (χ0) is 21.0. The van der Waals surface area contributed by atoms with Crippen LogP contribution in [0.25, 0.3) is 10.2 Å². The van der Waals surface area contributed by atoms with E-state index in [-0.39, 0.29) is 5.41 Å². The van der Waals surface area contributed by atoms with Gasteiger partial charge in [-0.1, -0.05) is 20.8 Å². The monoisotopic (exact) mass is 433 g/mol. The average Bonchev–Trinajstić information content (AvgIpc) is 3.09. The van der Waals surface area contributed by atoms with Gasteiger partial charge in [-0.3, -0.25) is 0 Å². The van der Waals surface area contributed by atoms with Gasteiger partial charge in [-0.2, -0.15) is 0 Å². The highest BCUT2D eigenvalue weighted by atomic mass is 32.1. The number of hydrogen-bond acceptors (Lipinski definition) is 5.